The summed E-state index contributed by atoms with van der Waals surface area (Å²) in [6.45, 7) is 0. The Bertz CT molecular complexity index is 847. The minimum Gasteiger partial charge on any atom is -0.300 e. The molecular formula is C15H10N4S. The number of nitrogens with zero attached hydrogens (tertiary/aromatic N) is 4. The van der Waals surface area contributed by atoms with Crippen molar-refractivity contribution in [3.63, 3.8) is 0 Å². The second-order valence-corrected chi connectivity index (χ2v) is 5.28. The van der Waals surface area contributed by atoms with Gasteiger partial charge >= 0.3 is 0 Å². The summed E-state index contributed by atoms with van der Waals surface area (Å²) in [6, 6.07) is 8.15. The van der Waals surface area contributed by atoms with Gasteiger partial charge in [0.2, 0.25) is 0 Å². The molecule has 0 saturated carbocycles. The fourth-order valence-electron chi connectivity index (χ4n) is 2.21. The monoisotopic (exact) mass is 278 g/mol. The summed E-state index contributed by atoms with van der Waals surface area (Å²) in [5.41, 5.74) is 3.98. The molecule has 0 N–H and O–H groups in total. The molecule has 0 atom stereocenters. The quantitative estimate of drug-likeness (QED) is 0.563. The number of hydrogen-bond acceptors (Lipinski definition) is 4. The van der Waals surface area contributed by atoms with Gasteiger partial charge in [-0.1, -0.05) is 0 Å². The molecule has 0 radical (unpaired) electrons. The van der Waals surface area contributed by atoms with Gasteiger partial charge in [0, 0.05) is 35.7 Å². The molecule has 0 saturated heterocycles. The molecule has 0 aromatic carbocycles. The van der Waals surface area contributed by atoms with E-state index in [0.29, 0.717) is 0 Å². The maximum Gasteiger partial charge on any atom is 0.137 e. The van der Waals surface area contributed by atoms with Crippen LogP contribution in [0.3, 0.4) is 0 Å². The van der Waals surface area contributed by atoms with Crippen LogP contribution in [0.2, 0.25) is 0 Å². The zero-order valence-electron chi connectivity index (χ0n) is 10.5. The Balaban J connectivity index is 1.79. The smallest absolute Gasteiger partial charge is 0.137 e. The number of fused-ring (bicyclic) bond motifs is 1. The highest BCUT2D eigenvalue weighted by atomic mass is 32.1. The normalized spacial score (nSPS) is 11.0. The highest BCUT2D eigenvalue weighted by Gasteiger charge is 2.05. The first kappa shape index (κ1) is 11.3. The van der Waals surface area contributed by atoms with Crippen molar-refractivity contribution in [2.45, 2.75) is 0 Å². The highest BCUT2D eigenvalue weighted by Crippen LogP contribution is 2.24. The van der Waals surface area contributed by atoms with Gasteiger partial charge in [0.1, 0.15) is 5.82 Å². The van der Waals surface area contributed by atoms with E-state index in [9.17, 15) is 0 Å². The van der Waals surface area contributed by atoms with Crippen LogP contribution in [0.5, 0.6) is 0 Å². The van der Waals surface area contributed by atoms with Crippen molar-refractivity contribution in [1.82, 2.24) is 19.5 Å². The van der Waals surface area contributed by atoms with Crippen molar-refractivity contribution in [2.75, 3.05) is 0 Å². The van der Waals surface area contributed by atoms with Gasteiger partial charge in [-0.05, 0) is 24.3 Å². The molecule has 4 aromatic heterocycles. The maximum absolute atomic E-state index is 4.54. The maximum atomic E-state index is 4.54. The van der Waals surface area contributed by atoms with Gasteiger partial charge in [-0.15, -0.1) is 11.3 Å². The minimum absolute atomic E-state index is 0.890. The molecule has 96 valence electrons. The molecule has 0 spiro atoms. The van der Waals surface area contributed by atoms with Gasteiger partial charge in [-0.3, -0.25) is 14.5 Å². The molecule has 0 fully saturated rings. The van der Waals surface area contributed by atoms with Crippen molar-refractivity contribution >= 4 is 22.2 Å². The van der Waals surface area contributed by atoms with Crippen LogP contribution in [0.25, 0.3) is 27.2 Å². The van der Waals surface area contributed by atoms with Crippen LogP contribution in [-0.4, -0.2) is 19.5 Å². The second kappa shape index (κ2) is 4.54. The van der Waals surface area contributed by atoms with Crippen LogP contribution in [0, 0.1) is 0 Å². The molecule has 0 bridgehead atoms. The summed E-state index contributed by atoms with van der Waals surface area (Å²) in [7, 11) is 0. The molecular weight excluding hydrogens is 268 g/mol. The van der Waals surface area contributed by atoms with Crippen LogP contribution in [0.15, 0.2) is 60.8 Å². The lowest BCUT2D eigenvalue weighted by Gasteiger charge is -2.04. The van der Waals surface area contributed by atoms with Gasteiger partial charge in [0.25, 0.3) is 0 Å². The average Bonchev–Trinajstić information content (AvgIpc) is 3.17. The fraction of sp³-hybridized carbons (Fsp3) is 0. The Morgan fingerprint density at radius 1 is 0.950 bits per heavy atom. The first-order valence-electron chi connectivity index (χ1n) is 6.18. The molecule has 0 amide bonds. The van der Waals surface area contributed by atoms with Crippen LogP contribution >= 0.6 is 11.3 Å². The molecule has 4 nitrogen and oxygen atoms in total. The fourth-order valence-corrected chi connectivity index (χ4v) is 2.82. The Morgan fingerprint density at radius 3 is 2.75 bits per heavy atom. The zero-order chi connectivity index (χ0) is 13.4. The summed E-state index contributed by atoms with van der Waals surface area (Å²) in [4.78, 5) is 13.9. The van der Waals surface area contributed by atoms with Crippen molar-refractivity contribution in [3.8, 4) is 16.3 Å². The van der Waals surface area contributed by atoms with E-state index >= 15 is 0 Å². The van der Waals surface area contributed by atoms with E-state index in [1.807, 2.05) is 47.0 Å². The van der Waals surface area contributed by atoms with E-state index in [1.165, 1.54) is 0 Å². The number of rotatable bonds is 2. The third-order valence-corrected chi connectivity index (χ3v) is 4.03. The Labute approximate surface area is 119 Å². The van der Waals surface area contributed by atoms with E-state index in [-0.39, 0.29) is 0 Å². The van der Waals surface area contributed by atoms with Crippen molar-refractivity contribution in [1.29, 1.82) is 0 Å². The summed E-state index contributed by atoms with van der Waals surface area (Å²) in [6.07, 6.45) is 9.41. The predicted molar refractivity (Wildman–Crippen MR) is 80.0 cm³/mol. The van der Waals surface area contributed by atoms with Crippen LogP contribution in [0.4, 0.5) is 0 Å². The standard InChI is InChI=1S/C15H10N4S/c1-2-15(18-7-12(1)14-9-17-10-20-14)19-6-4-11-3-5-16-8-13(11)19/h1-10H. The van der Waals surface area contributed by atoms with E-state index in [1.54, 1.807) is 17.5 Å². The van der Waals surface area contributed by atoms with Gasteiger partial charge in [-0.25, -0.2) is 4.98 Å². The molecule has 0 aliphatic carbocycles. The lowest BCUT2D eigenvalue weighted by atomic mass is 10.2. The number of thiazole rings is 1. The molecule has 0 aliphatic rings. The molecule has 4 aromatic rings. The SMILES string of the molecule is c1cc2ccn(-c3ccc(-c4cncs4)cn3)c2cn1. The van der Waals surface area contributed by atoms with Crippen molar-refractivity contribution in [3.05, 3.63) is 60.8 Å². The number of hydrogen-bond donors (Lipinski definition) is 0. The van der Waals surface area contributed by atoms with Gasteiger partial charge < -0.3 is 0 Å². The Hall–Kier alpha value is -2.53. The molecule has 20 heavy (non-hydrogen) atoms. The Morgan fingerprint density at radius 2 is 1.95 bits per heavy atom. The van der Waals surface area contributed by atoms with E-state index in [2.05, 4.69) is 27.1 Å². The molecule has 0 aliphatic heterocycles. The average molecular weight is 278 g/mol. The zero-order valence-corrected chi connectivity index (χ0v) is 11.3. The topological polar surface area (TPSA) is 43.6 Å². The Kier molecular flexibility index (Phi) is 2.57. The second-order valence-electron chi connectivity index (χ2n) is 4.39. The summed E-state index contributed by atoms with van der Waals surface area (Å²) in [5.74, 6) is 0.890. The third kappa shape index (κ3) is 1.80. The number of pyridine rings is 2. The number of aromatic nitrogens is 4. The largest absolute Gasteiger partial charge is 0.300 e. The first-order valence-corrected chi connectivity index (χ1v) is 7.06. The van der Waals surface area contributed by atoms with E-state index < -0.39 is 0 Å². The summed E-state index contributed by atoms with van der Waals surface area (Å²) >= 11 is 1.61. The van der Waals surface area contributed by atoms with E-state index in [4.69, 9.17) is 0 Å². The lowest BCUT2D eigenvalue weighted by Crippen LogP contribution is -1.95. The minimum atomic E-state index is 0.890. The highest BCUT2D eigenvalue weighted by molar-refractivity contribution is 7.13. The summed E-state index contributed by atoms with van der Waals surface area (Å²) in [5, 5.41) is 1.16. The van der Waals surface area contributed by atoms with Gasteiger partial charge in [0.15, 0.2) is 0 Å². The van der Waals surface area contributed by atoms with Crippen LogP contribution < -0.4 is 0 Å². The van der Waals surface area contributed by atoms with Crippen molar-refractivity contribution in [2.24, 2.45) is 0 Å². The van der Waals surface area contributed by atoms with E-state index in [0.717, 1.165) is 27.2 Å². The molecule has 5 heteroatoms. The third-order valence-electron chi connectivity index (χ3n) is 3.21. The van der Waals surface area contributed by atoms with Crippen molar-refractivity contribution < 1.29 is 0 Å². The first-order chi connectivity index (χ1) is 9.92. The van der Waals surface area contributed by atoms with Gasteiger partial charge in [-0.2, -0.15) is 0 Å². The summed E-state index contributed by atoms with van der Waals surface area (Å²) < 4.78 is 2.04. The van der Waals surface area contributed by atoms with Crippen LogP contribution in [-0.2, 0) is 0 Å². The van der Waals surface area contributed by atoms with Gasteiger partial charge in [0.05, 0.1) is 22.1 Å². The lowest BCUT2D eigenvalue weighted by molar-refractivity contribution is 1.04. The predicted octanol–water partition coefficient (Wildman–Crippen LogP) is 3.54. The molecule has 4 heterocycles. The molecule has 4 rings (SSSR count). The molecule has 0 unspecified atom stereocenters. The van der Waals surface area contributed by atoms with Crippen LogP contribution in [0.1, 0.15) is 0 Å².